The van der Waals surface area contributed by atoms with Crippen LogP contribution in [0.25, 0.3) is 0 Å². The van der Waals surface area contributed by atoms with Gasteiger partial charge in [-0.2, -0.15) is 0 Å². The lowest BCUT2D eigenvalue weighted by molar-refractivity contribution is -0.188. The smallest absolute Gasteiger partial charge is 0.308 e. The van der Waals surface area contributed by atoms with Gasteiger partial charge in [-0.3, -0.25) is 9.59 Å². The fourth-order valence-corrected chi connectivity index (χ4v) is 6.58. The van der Waals surface area contributed by atoms with Crippen molar-refractivity contribution in [1.29, 1.82) is 0 Å². The van der Waals surface area contributed by atoms with Crippen molar-refractivity contribution in [2.45, 2.75) is 32.3 Å². The molecule has 6 rings (SSSR count). The van der Waals surface area contributed by atoms with Crippen LogP contribution in [-0.4, -0.2) is 85.3 Å². The van der Waals surface area contributed by atoms with Gasteiger partial charge in [-0.15, -0.1) is 0 Å². The van der Waals surface area contributed by atoms with Crippen LogP contribution < -0.4 is 14.4 Å². The molecule has 0 bridgehead atoms. The van der Waals surface area contributed by atoms with Gasteiger partial charge in [0.15, 0.2) is 0 Å². The van der Waals surface area contributed by atoms with E-state index in [0.29, 0.717) is 54.3 Å². The number of carbonyl (C=O) groups excluding carboxylic acids is 2. The summed E-state index contributed by atoms with van der Waals surface area (Å²) in [6, 6.07) is 20.8. The number of piperazine rings is 1. The second kappa shape index (κ2) is 14.4. The monoisotopic (exact) mass is 680 g/mol. The largest absolute Gasteiger partial charge is 0.491 e. The van der Waals surface area contributed by atoms with Gasteiger partial charge in [0.05, 0.1) is 24.8 Å². The van der Waals surface area contributed by atoms with E-state index in [1.807, 2.05) is 59.8 Å². The number of anilines is 1. The van der Waals surface area contributed by atoms with Crippen molar-refractivity contribution >= 4 is 40.8 Å². The van der Waals surface area contributed by atoms with Crippen LogP contribution in [0, 0.1) is 0 Å². The van der Waals surface area contributed by atoms with Crippen LogP contribution in [0.15, 0.2) is 79.1 Å². The maximum absolute atomic E-state index is 11.7. The Morgan fingerprint density at radius 2 is 1.60 bits per heavy atom. The first kappa shape index (κ1) is 33.0. The van der Waals surface area contributed by atoms with E-state index in [0.717, 1.165) is 43.2 Å². The predicted octanol–water partition coefficient (Wildman–Crippen LogP) is 5.48. The Morgan fingerprint density at radius 1 is 0.894 bits per heavy atom. The summed E-state index contributed by atoms with van der Waals surface area (Å²) in [4.78, 5) is 31.3. The molecule has 3 aliphatic heterocycles. The lowest BCUT2D eigenvalue weighted by atomic mass is 10.1. The van der Waals surface area contributed by atoms with Crippen LogP contribution in [0.2, 0.25) is 10.0 Å². The van der Waals surface area contributed by atoms with Crippen molar-refractivity contribution in [3.8, 4) is 11.5 Å². The molecule has 3 aliphatic rings. The fraction of sp³-hybridized carbons (Fsp3) is 0.371. The zero-order valence-electron chi connectivity index (χ0n) is 26.4. The summed E-state index contributed by atoms with van der Waals surface area (Å²) in [5.41, 5.74) is 2.88. The molecule has 3 aromatic rings. The third-order valence-electron chi connectivity index (χ3n) is 8.40. The first-order valence-electron chi connectivity index (χ1n) is 15.6. The molecule has 2 fully saturated rings. The Kier molecular flexibility index (Phi) is 10.1. The zero-order valence-corrected chi connectivity index (χ0v) is 28.0. The SMILES string of the molecule is CC(=O)Oc1ccc(CN2C=CN(C[C@]3(c4ccc(Cl)cc4Cl)OC[C@H](COc4ccc(N5CCN(C(C)=O)CC5)cc4)O3)C2)cc1. The highest BCUT2D eigenvalue weighted by Gasteiger charge is 2.46. The number of halogens is 2. The zero-order chi connectivity index (χ0) is 33.0. The van der Waals surface area contributed by atoms with Gasteiger partial charge in [-0.1, -0.05) is 41.4 Å². The number of hydrogen-bond donors (Lipinski definition) is 0. The summed E-state index contributed by atoms with van der Waals surface area (Å²) < 4.78 is 24.4. The number of amides is 1. The van der Waals surface area contributed by atoms with Gasteiger partial charge in [0.1, 0.15) is 24.2 Å². The number of ether oxygens (including phenoxy) is 4. The van der Waals surface area contributed by atoms with Crippen molar-refractivity contribution in [3.05, 3.63) is 100 Å². The standard InChI is InChI=1S/C35H38Cl2N4O6/c1-25(42)40-15-17-41(18-16-40)29-6-10-30(11-7-29)44-21-32-22-45-35(47-32,33-12-5-28(36)19-34(33)37)23-39-14-13-38(24-39)20-27-3-8-31(9-4-27)46-26(2)43/h3-14,19,32H,15-18,20-24H2,1-2H3/t32-,35-/m0/s1. The molecule has 0 N–H and O–H groups in total. The van der Waals surface area contributed by atoms with Crippen molar-refractivity contribution in [3.63, 3.8) is 0 Å². The molecule has 2 saturated heterocycles. The van der Waals surface area contributed by atoms with E-state index in [2.05, 4.69) is 14.7 Å². The number of hydrogen-bond acceptors (Lipinski definition) is 9. The lowest BCUT2D eigenvalue weighted by Crippen LogP contribution is -2.48. The third-order valence-corrected chi connectivity index (χ3v) is 8.94. The third kappa shape index (κ3) is 8.13. The lowest BCUT2D eigenvalue weighted by Gasteiger charge is -2.35. The second-order valence-electron chi connectivity index (χ2n) is 11.9. The van der Waals surface area contributed by atoms with Gasteiger partial charge in [0.2, 0.25) is 11.7 Å². The van der Waals surface area contributed by atoms with Gasteiger partial charge in [-0.05, 0) is 54.1 Å². The van der Waals surface area contributed by atoms with Gasteiger partial charge in [0, 0.05) is 75.2 Å². The van der Waals surface area contributed by atoms with Crippen LogP contribution >= 0.6 is 23.2 Å². The first-order chi connectivity index (χ1) is 22.7. The Bertz CT molecular complexity index is 1600. The molecule has 1 amide bonds. The van der Waals surface area contributed by atoms with E-state index in [1.165, 1.54) is 6.92 Å². The number of benzene rings is 3. The molecule has 0 unspecified atom stereocenters. The molecule has 12 heteroatoms. The average Bonchev–Trinajstić information content (AvgIpc) is 3.68. The van der Waals surface area contributed by atoms with Crippen LogP contribution in [0.1, 0.15) is 25.0 Å². The Labute approximate surface area is 284 Å². The van der Waals surface area contributed by atoms with E-state index in [-0.39, 0.29) is 18.0 Å². The van der Waals surface area contributed by atoms with E-state index < -0.39 is 5.79 Å². The van der Waals surface area contributed by atoms with Crippen LogP contribution in [-0.2, 0) is 31.4 Å². The van der Waals surface area contributed by atoms with E-state index >= 15 is 0 Å². The summed E-state index contributed by atoms with van der Waals surface area (Å²) in [6.07, 6.45) is 3.70. The molecular formula is C35H38Cl2N4O6. The van der Waals surface area contributed by atoms with E-state index in [1.54, 1.807) is 31.2 Å². The Balaban J connectivity index is 1.07. The van der Waals surface area contributed by atoms with Crippen molar-refractivity contribution in [2.75, 3.05) is 57.5 Å². The minimum absolute atomic E-state index is 0.119. The average molecular weight is 682 g/mol. The topological polar surface area (TPSA) is 84.0 Å². The van der Waals surface area contributed by atoms with E-state index in [4.69, 9.17) is 42.1 Å². The molecule has 3 aromatic carbocycles. The maximum atomic E-state index is 11.7. The van der Waals surface area contributed by atoms with Gasteiger partial charge < -0.3 is 38.5 Å². The molecule has 0 saturated carbocycles. The van der Waals surface area contributed by atoms with Gasteiger partial charge in [-0.25, -0.2) is 0 Å². The first-order valence-corrected chi connectivity index (χ1v) is 16.4. The molecule has 0 radical (unpaired) electrons. The molecule has 2 atom stereocenters. The highest BCUT2D eigenvalue weighted by molar-refractivity contribution is 6.35. The summed E-state index contributed by atoms with van der Waals surface area (Å²) in [6.45, 7) is 8.37. The second-order valence-corrected chi connectivity index (χ2v) is 12.7. The molecule has 0 aliphatic carbocycles. The van der Waals surface area contributed by atoms with Crippen LogP contribution in [0.3, 0.4) is 0 Å². The summed E-state index contributed by atoms with van der Waals surface area (Å²) >= 11 is 12.9. The minimum atomic E-state index is -1.13. The molecule has 0 aromatic heterocycles. The summed E-state index contributed by atoms with van der Waals surface area (Å²) in [7, 11) is 0. The molecule has 0 spiro atoms. The van der Waals surface area contributed by atoms with E-state index in [9.17, 15) is 9.59 Å². The molecular weight excluding hydrogens is 643 g/mol. The highest BCUT2D eigenvalue weighted by atomic mass is 35.5. The molecule has 3 heterocycles. The van der Waals surface area contributed by atoms with Crippen molar-refractivity contribution in [2.24, 2.45) is 0 Å². The number of esters is 1. The Hall–Kier alpha value is -3.96. The Morgan fingerprint density at radius 3 is 2.28 bits per heavy atom. The van der Waals surface area contributed by atoms with Gasteiger partial charge in [0.25, 0.3) is 0 Å². The summed E-state index contributed by atoms with van der Waals surface area (Å²) in [5.74, 6) is -0.0982. The normalized spacial score (nSPS) is 21.0. The molecule has 10 nitrogen and oxygen atoms in total. The minimum Gasteiger partial charge on any atom is -0.491 e. The summed E-state index contributed by atoms with van der Waals surface area (Å²) in [5, 5.41) is 0.995. The quantitative estimate of drug-likeness (QED) is 0.204. The van der Waals surface area contributed by atoms with Crippen molar-refractivity contribution < 1.29 is 28.5 Å². The van der Waals surface area contributed by atoms with Crippen LogP contribution in [0.5, 0.6) is 11.5 Å². The highest BCUT2D eigenvalue weighted by Crippen LogP contribution is 2.40. The van der Waals surface area contributed by atoms with Crippen molar-refractivity contribution in [1.82, 2.24) is 14.7 Å². The van der Waals surface area contributed by atoms with Gasteiger partial charge >= 0.3 is 5.97 Å². The van der Waals surface area contributed by atoms with Crippen LogP contribution in [0.4, 0.5) is 5.69 Å². The molecule has 47 heavy (non-hydrogen) atoms. The number of nitrogens with zero attached hydrogens (tertiary/aromatic N) is 4. The molecule has 248 valence electrons. The predicted molar refractivity (Wildman–Crippen MR) is 179 cm³/mol. The fourth-order valence-electron chi connectivity index (χ4n) is 6.03. The number of carbonyl (C=O) groups is 2. The number of rotatable bonds is 10. The maximum Gasteiger partial charge on any atom is 0.308 e.